The molecule has 5 heteroatoms. The zero-order valence-corrected chi connectivity index (χ0v) is 10.6. The predicted octanol–water partition coefficient (Wildman–Crippen LogP) is 0.692. The molecule has 1 saturated carbocycles. The smallest absolute Gasteiger partial charge is 0.488 e. The van der Waals surface area contributed by atoms with Gasteiger partial charge in [-0.25, -0.2) is 0 Å². The Morgan fingerprint density at radius 2 is 2.11 bits per heavy atom. The Morgan fingerprint density at radius 1 is 1.33 bits per heavy atom. The molecule has 0 heterocycles. The third-order valence-electron chi connectivity index (χ3n) is 3.23. The number of hydrogen-bond donors (Lipinski definition) is 2. The fourth-order valence-electron chi connectivity index (χ4n) is 1.91. The third kappa shape index (κ3) is 3.73. The first-order valence-electron chi connectivity index (χ1n) is 6.31. The Hall–Kier alpha value is -1.04. The first kappa shape index (κ1) is 13.4. The zero-order chi connectivity index (χ0) is 13.0. The van der Waals surface area contributed by atoms with Gasteiger partial charge in [0, 0.05) is 12.2 Å². The van der Waals surface area contributed by atoms with Gasteiger partial charge in [0.15, 0.2) is 0 Å². The van der Waals surface area contributed by atoms with Gasteiger partial charge in [-0.15, -0.1) is 0 Å². The van der Waals surface area contributed by atoms with Gasteiger partial charge in [0.1, 0.15) is 5.75 Å². The molecular formula is C13H19BO4. The first-order chi connectivity index (χ1) is 8.70. The van der Waals surface area contributed by atoms with E-state index in [2.05, 4.69) is 0 Å². The van der Waals surface area contributed by atoms with Gasteiger partial charge in [0.2, 0.25) is 0 Å². The molecule has 1 aliphatic rings. The molecule has 1 aromatic rings. The largest absolute Gasteiger partial charge is 0.496 e. The van der Waals surface area contributed by atoms with Crippen LogP contribution in [0.25, 0.3) is 0 Å². The Morgan fingerprint density at radius 3 is 2.72 bits per heavy atom. The van der Waals surface area contributed by atoms with Gasteiger partial charge in [-0.1, -0.05) is 25.0 Å². The molecule has 0 atom stereocenters. The molecule has 0 unspecified atom stereocenters. The molecule has 1 fully saturated rings. The van der Waals surface area contributed by atoms with Crippen molar-refractivity contribution in [2.75, 3.05) is 13.7 Å². The van der Waals surface area contributed by atoms with E-state index in [1.807, 2.05) is 0 Å². The Labute approximate surface area is 108 Å². The van der Waals surface area contributed by atoms with Crippen molar-refractivity contribution in [1.29, 1.82) is 0 Å². The highest BCUT2D eigenvalue weighted by atomic mass is 16.5. The van der Waals surface area contributed by atoms with Crippen LogP contribution < -0.4 is 10.2 Å². The van der Waals surface area contributed by atoms with Crippen LogP contribution in [0.2, 0.25) is 0 Å². The minimum atomic E-state index is -1.46. The summed E-state index contributed by atoms with van der Waals surface area (Å²) < 4.78 is 10.8. The molecule has 0 bridgehead atoms. The molecule has 0 aliphatic heterocycles. The van der Waals surface area contributed by atoms with Crippen molar-refractivity contribution >= 4 is 12.6 Å². The fourth-order valence-corrected chi connectivity index (χ4v) is 1.91. The number of ether oxygens (including phenoxy) is 2. The standard InChI is InChI=1S/C13H19BO4/c1-17-13-5-4-12(14(15)16)8-11(13)9-18-7-6-10-2-3-10/h4-5,8,10,15-16H,2-3,6-7,9H2,1H3. The van der Waals surface area contributed by atoms with Gasteiger partial charge in [-0.3, -0.25) is 0 Å². The third-order valence-corrected chi connectivity index (χ3v) is 3.23. The molecule has 0 spiro atoms. The molecule has 1 aliphatic carbocycles. The predicted molar refractivity (Wildman–Crippen MR) is 69.8 cm³/mol. The van der Waals surface area contributed by atoms with E-state index in [4.69, 9.17) is 19.5 Å². The van der Waals surface area contributed by atoms with Crippen LogP contribution in [0.1, 0.15) is 24.8 Å². The van der Waals surface area contributed by atoms with E-state index < -0.39 is 7.12 Å². The molecule has 0 amide bonds. The maximum absolute atomic E-state index is 9.14. The molecule has 18 heavy (non-hydrogen) atoms. The molecule has 2 rings (SSSR count). The highest BCUT2D eigenvalue weighted by Crippen LogP contribution is 2.32. The fraction of sp³-hybridized carbons (Fsp3) is 0.538. The van der Waals surface area contributed by atoms with Crippen molar-refractivity contribution in [3.63, 3.8) is 0 Å². The Balaban J connectivity index is 1.92. The second kappa shape index (κ2) is 6.23. The summed E-state index contributed by atoms with van der Waals surface area (Å²) in [5, 5.41) is 18.3. The summed E-state index contributed by atoms with van der Waals surface area (Å²) in [5.74, 6) is 1.57. The average Bonchev–Trinajstić information content (AvgIpc) is 3.18. The van der Waals surface area contributed by atoms with Crippen LogP contribution in [0.3, 0.4) is 0 Å². The van der Waals surface area contributed by atoms with Gasteiger partial charge >= 0.3 is 7.12 Å². The minimum absolute atomic E-state index is 0.441. The molecule has 0 saturated heterocycles. The molecule has 98 valence electrons. The Kier molecular flexibility index (Phi) is 4.63. The normalized spacial score (nSPS) is 14.6. The van der Waals surface area contributed by atoms with Crippen molar-refractivity contribution in [3.8, 4) is 5.75 Å². The summed E-state index contributed by atoms with van der Waals surface area (Å²) in [6.45, 7) is 1.19. The first-order valence-corrected chi connectivity index (χ1v) is 6.31. The van der Waals surface area contributed by atoms with Crippen molar-refractivity contribution in [3.05, 3.63) is 23.8 Å². The zero-order valence-electron chi connectivity index (χ0n) is 10.6. The van der Waals surface area contributed by atoms with E-state index in [1.165, 1.54) is 12.8 Å². The van der Waals surface area contributed by atoms with Gasteiger partial charge in [0.05, 0.1) is 13.7 Å². The molecule has 0 aromatic heterocycles. The number of benzene rings is 1. The van der Waals surface area contributed by atoms with Crippen molar-refractivity contribution in [1.82, 2.24) is 0 Å². The quantitative estimate of drug-likeness (QED) is 0.552. The molecule has 4 nitrogen and oxygen atoms in total. The van der Waals surface area contributed by atoms with Crippen LogP contribution in [-0.4, -0.2) is 30.9 Å². The summed E-state index contributed by atoms with van der Waals surface area (Å²) in [4.78, 5) is 0. The van der Waals surface area contributed by atoms with E-state index >= 15 is 0 Å². The average molecular weight is 250 g/mol. The molecule has 1 aromatic carbocycles. The summed E-state index contributed by atoms with van der Waals surface area (Å²) in [5.41, 5.74) is 1.30. The minimum Gasteiger partial charge on any atom is -0.496 e. The number of hydrogen-bond acceptors (Lipinski definition) is 4. The highest BCUT2D eigenvalue weighted by molar-refractivity contribution is 6.58. The lowest BCUT2D eigenvalue weighted by molar-refractivity contribution is 0.113. The van der Waals surface area contributed by atoms with E-state index in [0.29, 0.717) is 17.8 Å². The van der Waals surface area contributed by atoms with E-state index in [-0.39, 0.29) is 0 Å². The Bertz CT molecular complexity index is 391. The highest BCUT2D eigenvalue weighted by Gasteiger charge is 2.20. The SMILES string of the molecule is COc1ccc(B(O)O)cc1COCCC1CC1. The van der Waals surface area contributed by atoms with E-state index in [0.717, 1.165) is 24.5 Å². The molecule has 0 radical (unpaired) electrons. The molecule has 2 N–H and O–H groups in total. The number of methoxy groups -OCH3 is 1. The van der Waals surface area contributed by atoms with Gasteiger partial charge in [0.25, 0.3) is 0 Å². The van der Waals surface area contributed by atoms with E-state index in [9.17, 15) is 0 Å². The summed E-state index contributed by atoms with van der Waals surface area (Å²) in [6.07, 6.45) is 3.78. The van der Waals surface area contributed by atoms with Crippen LogP contribution in [-0.2, 0) is 11.3 Å². The summed E-state index contributed by atoms with van der Waals surface area (Å²) in [7, 11) is 0.138. The van der Waals surface area contributed by atoms with Crippen LogP contribution in [0.4, 0.5) is 0 Å². The van der Waals surface area contributed by atoms with Gasteiger partial charge < -0.3 is 19.5 Å². The van der Waals surface area contributed by atoms with Gasteiger partial charge in [-0.2, -0.15) is 0 Å². The van der Waals surface area contributed by atoms with Crippen molar-refractivity contribution in [2.45, 2.75) is 25.9 Å². The van der Waals surface area contributed by atoms with Crippen molar-refractivity contribution in [2.24, 2.45) is 5.92 Å². The van der Waals surface area contributed by atoms with Crippen LogP contribution in [0, 0.1) is 5.92 Å². The topological polar surface area (TPSA) is 58.9 Å². The van der Waals surface area contributed by atoms with Crippen LogP contribution in [0.5, 0.6) is 5.75 Å². The van der Waals surface area contributed by atoms with Crippen LogP contribution in [0.15, 0.2) is 18.2 Å². The maximum Gasteiger partial charge on any atom is 0.488 e. The van der Waals surface area contributed by atoms with Crippen LogP contribution >= 0.6 is 0 Å². The lowest BCUT2D eigenvalue weighted by atomic mass is 9.79. The lowest BCUT2D eigenvalue weighted by Crippen LogP contribution is -2.30. The monoisotopic (exact) mass is 250 g/mol. The second-order valence-electron chi connectivity index (χ2n) is 4.73. The summed E-state index contributed by atoms with van der Waals surface area (Å²) >= 11 is 0. The molecular weight excluding hydrogens is 231 g/mol. The summed E-state index contributed by atoms with van der Waals surface area (Å²) in [6, 6.07) is 5.08. The van der Waals surface area contributed by atoms with E-state index in [1.54, 1.807) is 25.3 Å². The van der Waals surface area contributed by atoms with Crippen molar-refractivity contribution < 1.29 is 19.5 Å². The number of rotatable bonds is 7. The lowest BCUT2D eigenvalue weighted by Gasteiger charge is -2.11. The second-order valence-corrected chi connectivity index (χ2v) is 4.73. The van der Waals surface area contributed by atoms with Gasteiger partial charge in [-0.05, 0) is 23.9 Å². The maximum atomic E-state index is 9.14.